The minimum atomic E-state index is 0.131. The Kier molecular flexibility index (Phi) is 7.06. The molecule has 0 radical (unpaired) electrons. The number of rotatable bonds is 4. The fourth-order valence-corrected chi connectivity index (χ4v) is 14.1. The first-order valence-corrected chi connectivity index (χ1v) is 23.2. The molecule has 5 heteroatoms. The highest BCUT2D eigenvalue weighted by atomic mass is 15.0. The molecule has 0 atom stereocenters. The van der Waals surface area contributed by atoms with Crippen LogP contribution in [-0.2, 0) is 5.41 Å². The smallest absolute Gasteiger partial charge is 0.117 e. The van der Waals surface area contributed by atoms with E-state index in [1.54, 1.807) is 17.5 Å². The van der Waals surface area contributed by atoms with Crippen LogP contribution in [0.4, 0.5) is 0 Å². The molecule has 64 heavy (non-hydrogen) atoms. The van der Waals surface area contributed by atoms with Gasteiger partial charge in [-0.2, -0.15) is 0 Å². The number of aromatic nitrogens is 5. The van der Waals surface area contributed by atoms with Crippen molar-refractivity contribution in [2.45, 2.75) is 37.5 Å². The van der Waals surface area contributed by atoms with Crippen LogP contribution in [0.15, 0.2) is 176 Å². The first kappa shape index (κ1) is 35.1. The van der Waals surface area contributed by atoms with Gasteiger partial charge in [-0.25, -0.2) is 9.97 Å². The summed E-state index contributed by atoms with van der Waals surface area (Å²) >= 11 is 0. The fourth-order valence-electron chi connectivity index (χ4n) is 14.1. The second kappa shape index (κ2) is 12.9. The molecule has 4 heterocycles. The quantitative estimate of drug-likeness (QED) is 0.178. The molecule has 0 aliphatic heterocycles. The van der Waals surface area contributed by atoms with E-state index in [0.717, 1.165) is 62.7 Å². The van der Waals surface area contributed by atoms with Crippen LogP contribution < -0.4 is 0 Å². The Morgan fingerprint density at radius 2 is 1.03 bits per heavy atom. The van der Waals surface area contributed by atoms with Crippen molar-refractivity contribution in [2.75, 3.05) is 0 Å². The van der Waals surface area contributed by atoms with Crippen molar-refractivity contribution in [2.24, 2.45) is 23.7 Å². The zero-order chi connectivity index (χ0) is 41.7. The second-order valence-corrected chi connectivity index (χ2v) is 19.2. The Hall–Kier alpha value is -7.37. The maximum Gasteiger partial charge on any atom is 0.117 e. The van der Waals surface area contributed by atoms with Gasteiger partial charge in [-0.1, -0.05) is 109 Å². The van der Waals surface area contributed by atoms with Crippen LogP contribution in [-0.4, -0.2) is 24.1 Å². The van der Waals surface area contributed by atoms with Gasteiger partial charge in [0.05, 0.1) is 33.4 Å². The first-order valence-electron chi connectivity index (χ1n) is 23.2. The fraction of sp³-hybridized carbons (Fsp3) is 0.169. The third-order valence-electron chi connectivity index (χ3n) is 16.3. The third kappa shape index (κ3) is 4.61. The summed E-state index contributed by atoms with van der Waals surface area (Å²) in [5.41, 5.74) is 19.2. The number of nitrogens with zero attached hydrogens (tertiary/aromatic N) is 5. The Morgan fingerprint density at radius 1 is 0.422 bits per heavy atom. The molecule has 4 saturated carbocycles. The lowest BCUT2D eigenvalue weighted by molar-refractivity contribution is -0.0399. The van der Waals surface area contributed by atoms with E-state index < -0.39 is 0 Å². The first-order chi connectivity index (χ1) is 31.7. The van der Waals surface area contributed by atoms with E-state index in [-0.39, 0.29) is 5.41 Å². The van der Waals surface area contributed by atoms with Crippen LogP contribution >= 0.6 is 0 Å². The lowest BCUT2D eigenvalue weighted by Crippen LogP contribution is -2.55. The van der Waals surface area contributed by atoms with E-state index in [4.69, 9.17) is 15.0 Å². The number of para-hydroxylation sites is 2. The molecule has 16 rings (SSSR count). The number of hydrogen-bond donors (Lipinski definition) is 0. The molecule has 11 aromatic rings. The van der Waals surface area contributed by atoms with Gasteiger partial charge in [-0.3, -0.25) is 4.98 Å². The van der Waals surface area contributed by atoms with Gasteiger partial charge in [0, 0.05) is 44.4 Å². The Bertz CT molecular complexity index is 3730. The largest absolute Gasteiger partial charge is 0.309 e. The molecule has 304 valence electrons. The Labute approximate surface area is 370 Å². The molecule has 4 bridgehead atoms. The molecule has 5 nitrogen and oxygen atoms in total. The molecule has 5 aliphatic rings. The second-order valence-electron chi connectivity index (χ2n) is 19.2. The van der Waals surface area contributed by atoms with Gasteiger partial charge in [0.2, 0.25) is 0 Å². The summed E-state index contributed by atoms with van der Waals surface area (Å²) < 4.78 is 4.89. The van der Waals surface area contributed by atoms with E-state index >= 15 is 0 Å². The van der Waals surface area contributed by atoms with Crippen molar-refractivity contribution in [3.8, 4) is 44.9 Å². The normalized spacial score (nSPS) is 21.8. The standard InChI is InChI=1S/C59H43N5/c1-2-10-37(11-3-1)56-58-57(62-34-61-56)55(24-25-60-58)64-52-17-9-6-14-46(52)48-32-39(19-23-54(48)64)38-18-22-53-47(31-38)45-13-5-8-16-51(45)63(53)42-20-21-44-43-12-4-7-15-49(43)59(50(44)33-42)40-27-35-26-36(29-40)30-41(59)28-35/h1-25,31-36,40-41H,26-30H2. The minimum absolute atomic E-state index is 0.131. The Morgan fingerprint density at radius 3 is 1.77 bits per heavy atom. The number of benzene rings is 7. The van der Waals surface area contributed by atoms with Crippen LogP contribution in [0.1, 0.15) is 43.2 Å². The van der Waals surface area contributed by atoms with Crippen molar-refractivity contribution >= 4 is 54.6 Å². The lowest BCUT2D eigenvalue weighted by atomic mass is 9.43. The number of hydrogen-bond acceptors (Lipinski definition) is 3. The highest BCUT2D eigenvalue weighted by Crippen LogP contribution is 2.69. The molecule has 0 saturated heterocycles. The zero-order valence-electron chi connectivity index (χ0n) is 35.3. The topological polar surface area (TPSA) is 48.5 Å². The maximum absolute atomic E-state index is 4.85. The molecule has 0 N–H and O–H groups in total. The lowest BCUT2D eigenvalue weighted by Gasteiger charge is -2.61. The van der Waals surface area contributed by atoms with Gasteiger partial charge in [0.25, 0.3) is 0 Å². The summed E-state index contributed by atoms with van der Waals surface area (Å²) in [7, 11) is 0. The monoisotopic (exact) mass is 821 g/mol. The molecule has 0 amide bonds. The van der Waals surface area contributed by atoms with Gasteiger partial charge >= 0.3 is 0 Å². The molecule has 7 aromatic carbocycles. The van der Waals surface area contributed by atoms with Gasteiger partial charge in [-0.05, 0) is 144 Å². The number of fused-ring (bicyclic) bond motifs is 10. The zero-order valence-corrected chi connectivity index (χ0v) is 35.3. The molecule has 1 spiro atoms. The highest BCUT2D eigenvalue weighted by Gasteiger charge is 2.61. The maximum atomic E-state index is 4.85. The van der Waals surface area contributed by atoms with Crippen LogP contribution in [0, 0.1) is 23.7 Å². The average Bonchev–Trinajstić information content (AvgIpc) is 3.96. The summed E-state index contributed by atoms with van der Waals surface area (Å²) in [5, 5.41) is 4.97. The van der Waals surface area contributed by atoms with Gasteiger partial charge in [-0.15, -0.1) is 0 Å². The molecule has 5 aliphatic carbocycles. The van der Waals surface area contributed by atoms with E-state index in [0.29, 0.717) is 0 Å². The summed E-state index contributed by atoms with van der Waals surface area (Å²) in [6.07, 6.45) is 10.6. The van der Waals surface area contributed by atoms with E-state index in [9.17, 15) is 0 Å². The van der Waals surface area contributed by atoms with E-state index in [1.807, 2.05) is 24.4 Å². The predicted molar refractivity (Wildman–Crippen MR) is 260 cm³/mol. The van der Waals surface area contributed by atoms with Gasteiger partial charge in [0.15, 0.2) is 0 Å². The predicted octanol–water partition coefficient (Wildman–Crippen LogP) is 14.3. The molecule has 4 aromatic heterocycles. The summed E-state index contributed by atoms with van der Waals surface area (Å²) in [6, 6.07) is 61.1. The van der Waals surface area contributed by atoms with Crippen LogP contribution in [0.5, 0.6) is 0 Å². The third-order valence-corrected chi connectivity index (χ3v) is 16.3. The molecular weight excluding hydrogens is 779 g/mol. The SMILES string of the molecule is c1ccc(-c2ncnc3c(-n4c5ccccc5c5cc(-c6ccc7c(c6)c6ccccc6n7-c6ccc7c(c6)C6(c8ccccc8-7)C7CC8CC(C7)CC6C8)ccc54)ccnc23)cc1. The van der Waals surface area contributed by atoms with Gasteiger partial charge in [0.1, 0.15) is 17.4 Å². The van der Waals surface area contributed by atoms with Crippen LogP contribution in [0.2, 0.25) is 0 Å². The highest BCUT2D eigenvalue weighted by molar-refractivity contribution is 6.13. The van der Waals surface area contributed by atoms with Crippen molar-refractivity contribution in [3.63, 3.8) is 0 Å². The van der Waals surface area contributed by atoms with E-state index in [1.165, 1.54) is 92.6 Å². The Balaban J connectivity index is 0.881. The molecule has 4 fully saturated rings. The number of pyridine rings is 1. The van der Waals surface area contributed by atoms with Crippen molar-refractivity contribution in [3.05, 3.63) is 187 Å². The van der Waals surface area contributed by atoms with E-state index in [2.05, 4.69) is 155 Å². The van der Waals surface area contributed by atoms with Crippen molar-refractivity contribution in [1.82, 2.24) is 24.1 Å². The molecule has 0 unspecified atom stereocenters. The summed E-state index contributed by atoms with van der Waals surface area (Å²) in [6.45, 7) is 0. The van der Waals surface area contributed by atoms with Crippen molar-refractivity contribution in [1.29, 1.82) is 0 Å². The summed E-state index contributed by atoms with van der Waals surface area (Å²) in [4.78, 5) is 14.4. The van der Waals surface area contributed by atoms with Crippen LogP contribution in [0.25, 0.3) is 99.5 Å². The van der Waals surface area contributed by atoms with Crippen LogP contribution in [0.3, 0.4) is 0 Å². The summed E-state index contributed by atoms with van der Waals surface area (Å²) in [5.74, 6) is 3.31. The van der Waals surface area contributed by atoms with Crippen molar-refractivity contribution < 1.29 is 0 Å². The van der Waals surface area contributed by atoms with Gasteiger partial charge < -0.3 is 9.13 Å². The minimum Gasteiger partial charge on any atom is -0.309 e. The molecular formula is C59H43N5. The average molecular weight is 822 g/mol.